The SMILES string of the molecule is COCCN1CCC(C(=O)NO)(S(=O)(=O)c2ccc(OCCCn3nnc(-c4ccc(S(C)(=O)=O)cc4)n3)cc2)CC1.Cl. The lowest BCUT2D eigenvalue weighted by Crippen LogP contribution is -2.57. The number of rotatable bonds is 13. The second kappa shape index (κ2) is 14.5. The van der Waals surface area contributed by atoms with Gasteiger partial charge in [0.2, 0.25) is 5.82 Å². The van der Waals surface area contributed by atoms with Crippen LogP contribution in [-0.4, -0.2) is 104 Å². The fraction of sp³-hybridized carbons (Fsp3) is 0.462. The molecule has 17 heteroatoms. The number of amides is 1. The van der Waals surface area contributed by atoms with Gasteiger partial charge in [-0.1, -0.05) is 0 Å². The number of benzene rings is 2. The lowest BCUT2D eigenvalue weighted by atomic mass is 9.95. The third kappa shape index (κ3) is 7.87. The summed E-state index contributed by atoms with van der Waals surface area (Å²) in [5.74, 6) is -0.131. The molecule has 1 aliphatic heterocycles. The van der Waals surface area contributed by atoms with E-state index in [1.54, 1.807) is 24.7 Å². The van der Waals surface area contributed by atoms with Crippen LogP contribution in [0.1, 0.15) is 19.3 Å². The Morgan fingerprint density at radius 2 is 1.60 bits per heavy atom. The summed E-state index contributed by atoms with van der Waals surface area (Å²) in [5.41, 5.74) is 2.20. The number of aromatic nitrogens is 4. The van der Waals surface area contributed by atoms with E-state index in [1.165, 1.54) is 41.2 Å². The third-order valence-corrected chi connectivity index (χ3v) is 10.8. The first-order valence-corrected chi connectivity index (χ1v) is 16.6. The van der Waals surface area contributed by atoms with E-state index >= 15 is 0 Å². The standard InChI is InChI=1S/C26H34N6O8S2.ClH/c1-39-19-17-31-15-12-26(13-16-31,25(33)29-34)42(37,38)23-10-6-21(7-11-23)40-18-3-14-32-28-24(27-30-32)20-4-8-22(9-5-20)41(2,35)36;/h4-11,34H,3,12-19H2,1-2H3,(H,29,33);1H. The van der Waals surface area contributed by atoms with Gasteiger partial charge in [-0.15, -0.1) is 22.6 Å². The first-order valence-electron chi connectivity index (χ1n) is 13.2. The highest BCUT2D eigenvalue weighted by molar-refractivity contribution is 7.93. The van der Waals surface area contributed by atoms with Gasteiger partial charge in [-0.05, 0) is 66.6 Å². The van der Waals surface area contributed by atoms with Crippen LogP contribution in [-0.2, 0) is 35.8 Å². The molecule has 3 aromatic rings. The van der Waals surface area contributed by atoms with Crippen LogP contribution in [0, 0.1) is 0 Å². The quantitative estimate of drug-likeness (QED) is 0.153. The highest BCUT2D eigenvalue weighted by Gasteiger charge is 2.52. The van der Waals surface area contributed by atoms with Gasteiger partial charge in [0.1, 0.15) is 5.75 Å². The summed E-state index contributed by atoms with van der Waals surface area (Å²) in [4.78, 5) is 16.3. The summed E-state index contributed by atoms with van der Waals surface area (Å²) >= 11 is 0. The average molecular weight is 659 g/mol. The van der Waals surface area contributed by atoms with Gasteiger partial charge in [-0.2, -0.15) is 4.80 Å². The fourth-order valence-electron chi connectivity index (χ4n) is 4.72. The van der Waals surface area contributed by atoms with Gasteiger partial charge in [0.15, 0.2) is 24.4 Å². The Kier molecular flexibility index (Phi) is 11.6. The fourth-order valence-corrected chi connectivity index (χ4v) is 7.31. The van der Waals surface area contributed by atoms with Crippen LogP contribution in [0.15, 0.2) is 58.3 Å². The maximum Gasteiger partial charge on any atom is 0.265 e. The Bertz CT molecular complexity index is 1570. The maximum atomic E-state index is 13.6. The first kappa shape index (κ1) is 34.3. The maximum absolute atomic E-state index is 13.6. The van der Waals surface area contributed by atoms with Crippen molar-refractivity contribution in [3.63, 3.8) is 0 Å². The molecule has 1 amide bonds. The van der Waals surface area contributed by atoms with Gasteiger partial charge < -0.3 is 14.4 Å². The van der Waals surface area contributed by atoms with Crippen molar-refractivity contribution in [2.75, 3.05) is 46.2 Å². The van der Waals surface area contributed by atoms with E-state index in [-0.39, 0.29) is 35.0 Å². The molecule has 0 atom stereocenters. The number of halogens is 1. The number of methoxy groups -OCH3 is 1. The third-order valence-electron chi connectivity index (χ3n) is 7.20. The molecule has 0 saturated carbocycles. The molecular weight excluding hydrogens is 624 g/mol. The molecule has 1 saturated heterocycles. The lowest BCUT2D eigenvalue weighted by molar-refractivity contribution is -0.133. The van der Waals surface area contributed by atoms with Crippen LogP contribution in [0.25, 0.3) is 11.4 Å². The monoisotopic (exact) mass is 658 g/mol. The molecule has 1 fully saturated rings. The molecule has 0 radical (unpaired) electrons. The van der Waals surface area contributed by atoms with Gasteiger partial charge >= 0.3 is 0 Å². The van der Waals surface area contributed by atoms with Crippen LogP contribution >= 0.6 is 12.4 Å². The highest BCUT2D eigenvalue weighted by Crippen LogP contribution is 2.36. The van der Waals surface area contributed by atoms with E-state index in [4.69, 9.17) is 9.47 Å². The zero-order valence-corrected chi connectivity index (χ0v) is 26.2. The van der Waals surface area contributed by atoms with E-state index in [2.05, 4.69) is 15.4 Å². The van der Waals surface area contributed by atoms with Crippen molar-refractivity contribution in [3.05, 3.63) is 48.5 Å². The molecule has 2 N–H and O–H groups in total. The van der Waals surface area contributed by atoms with Crippen LogP contribution in [0.4, 0.5) is 0 Å². The van der Waals surface area contributed by atoms with Crippen LogP contribution in [0.3, 0.4) is 0 Å². The number of piperidine rings is 1. The number of hydrogen-bond acceptors (Lipinski definition) is 12. The summed E-state index contributed by atoms with van der Waals surface area (Å²) < 4.78 is 59.5. The van der Waals surface area contributed by atoms with Gasteiger partial charge in [0.25, 0.3) is 5.91 Å². The van der Waals surface area contributed by atoms with E-state index in [0.29, 0.717) is 63.0 Å². The Balaban J connectivity index is 0.00000506. The van der Waals surface area contributed by atoms with Crippen molar-refractivity contribution in [2.24, 2.45) is 0 Å². The highest BCUT2D eigenvalue weighted by atomic mass is 35.5. The molecule has 0 spiro atoms. The van der Waals surface area contributed by atoms with Crippen LogP contribution in [0.5, 0.6) is 5.75 Å². The Hall–Kier alpha value is -3.15. The van der Waals surface area contributed by atoms with Crippen molar-refractivity contribution in [3.8, 4) is 17.1 Å². The van der Waals surface area contributed by atoms with E-state index in [9.17, 15) is 26.8 Å². The van der Waals surface area contributed by atoms with Gasteiger partial charge in [-0.3, -0.25) is 10.0 Å². The zero-order valence-electron chi connectivity index (χ0n) is 23.7. The van der Waals surface area contributed by atoms with Crippen LogP contribution in [0.2, 0.25) is 0 Å². The molecule has 43 heavy (non-hydrogen) atoms. The van der Waals surface area contributed by atoms with Crippen molar-refractivity contribution in [2.45, 2.75) is 40.3 Å². The van der Waals surface area contributed by atoms with Gasteiger partial charge in [0.05, 0.1) is 29.5 Å². The minimum Gasteiger partial charge on any atom is -0.494 e. The number of carbonyl (C=O) groups excluding carboxylic acids is 1. The Morgan fingerprint density at radius 3 is 2.19 bits per heavy atom. The van der Waals surface area contributed by atoms with Crippen molar-refractivity contribution in [1.29, 1.82) is 0 Å². The number of tetrazole rings is 1. The molecule has 0 unspecified atom stereocenters. The smallest absolute Gasteiger partial charge is 0.265 e. The van der Waals surface area contributed by atoms with Crippen LogP contribution < -0.4 is 10.2 Å². The molecule has 1 aliphatic rings. The Morgan fingerprint density at radius 1 is 0.977 bits per heavy atom. The van der Waals surface area contributed by atoms with Gasteiger partial charge in [0, 0.05) is 45.0 Å². The molecule has 236 valence electrons. The number of likely N-dealkylation sites (tertiary alicyclic amines) is 1. The molecule has 4 rings (SSSR count). The summed E-state index contributed by atoms with van der Waals surface area (Å²) in [5, 5.41) is 21.7. The summed E-state index contributed by atoms with van der Waals surface area (Å²) in [7, 11) is -5.84. The number of aryl methyl sites for hydroxylation is 1. The normalized spacial score (nSPS) is 15.4. The number of hydrogen-bond donors (Lipinski definition) is 2. The number of nitrogens with one attached hydrogen (secondary N) is 1. The van der Waals surface area contributed by atoms with E-state index in [1.807, 2.05) is 4.90 Å². The number of nitrogens with zero attached hydrogens (tertiary/aromatic N) is 5. The number of hydroxylamine groups is 1. The number of sulfone groups is 2. The zero-order chi connectivity index (χ0) is 30.4. The van der Waals surface area contributed by atoms with Crippen molar-refractivity contribution < 1.29 is 36.3 Å². The molecule has 0 aliphatic carbocycles. The first-order chi connectivity index (χ1) is 20.0. The summed E-state index contributed by atoms with van der Waals surface area (Å²) in [6, 6.07) is 12.1. The second-order valence-electron chi connectivity index (χ2n) is 9.95. The number of carbonyl (C=O) groups is 1. The predicted molar refractivity (Wildman–Crippen MR) is 158 cm³/mol. The molecule has 2 heterocycles. The van der Waals surface area contributed by atoms with Gasteiger partial charge in [-0.25, -0.2) is 22.3 Å². The molecule has 1 aromatic heterocycles. The largest absolute Gasteiger partial charge is 0.494 e. The minimum atomic E-state index is -4.13. The molecular formula is C26H35ClN6O8S2. The summed E-state index contributed by atoms with van der Waals surface area (Å²) in [6.45, 7) is 2.55. The topological polar surface area (TPSA) is 183 Å². The van der Waals surface area contributed by atoms with Crippen molar-refractivity contribution in [1.82, 2.24) is 30.6 Å². The lowest BCUT2D eigenvalue weighted by Gasteiger charge is -2.39. The van der Waals surface area contributed by atoms with E-state index < -0.39 is 30.3 Å². The van der Waals surface area contributed by atoms with E-state index in [0.717, 1.165) is 6.26 Å². The Labute approximate surface area is 256 Å². The molecule has 14 nitrogen and oxygen atoms in total. The second-order valence-corrected chi connectivity index (χ2v) is 14.2. The minimum absolute atomic E-state index is 0. The molecule has 0 bridgehead atoms. The average Bonchev–Trinajstić information content (AvgIpc) is 3.47. The predicted octanol–water partition coefficient (Wildman–Crippen LogP) is 1.39. The summed E-state index contributed by atoms with van der Waals surface area (Å²) in [6.07, 6.45) is 1.74. The number of ether oxygens (including phenoxy) is 2. The van der Waals surface area contributed by atoms with Crippen molar-refractivity contribution >= 4 is 38.0 Å². The molecule has 2 aromatic carbocycles.